The van der Waals surface area contributed by atoms with E-state index in [0.717, 1.165) is 10.8 Å². The molecule has 0 bridgehead atoms. The van der Waals surface area contributed by atoms with Gasteiger partial charge in [0.25, 0.3) is 0 Å². The lowest BCUT2D eigenvalue weighted by atomic mass is 10.3. The number of para-hydroxylation sites is 1. The SMILES string of the molecule is N#CCCN(c1ccccc1)c1ncns1. The lowest BCUT2D eigenvalue weighted by molar-refractivity contribution is 0.940. The van der Waals surface area contributed by atoms with E-state index in [1.807, 2.05) is 35.2 Å². The van der Waals surface area contributed by atoms with Crippen LogP contribution >= 0.6 is 11.5 Å². The monoisotopic (exact) mass is 230 g/mol. The van der Waals surface area contributed by atoms with E-state index in [1.165, 1.54) is 17.9 Å². The van der Waals surface area contributed by atoms with Crippen LogP contribution in [0.3, 0.4) is 0 Å². The van der Waals surface area contributed by atoms with Gasteiger partial charge in [0.15, 0.2) is 0 Å². The summed E-state index contributed by atoms with van der Waals surface area (Å²) in [5.41, 5.74) is 1.04. The van der Waals surface area contributed by atoms with Gasteiger partial charge < -0.3 is 4.90 Å². The Kier molecular flexibility index (Phi) is 3.46. The summed E-state index contributed by atoms with van der Waals surface area (Å²) in [6.45, 7) is 0.635. The fraction of sp³-hybridized carbons (Fsp3) is 0.182. The Morgan fingerprint density at radius 1 is 1.31 bits per heavy atom. The van der Waals surface area contributed by atoms with Crippen molar-refractivity contribution in [2.75, 3.05) is 11.4 Å². The Morgan fingerprint density at radius 2 is 2.12 bits per heavy atom. The molecule has 0 aliphatic heterocycles. The van der Waals surface area contributed by atoms with Crippen molar-refractivity contribution in [1.82, 2.24) is 9.36 Å². The maximum Gasteiger partial charge on any atom is 0.209 e. The standard InChI is InChI=1S/C11H10N4S/c12-7-4-8-15(11-13-9-14-16-11)10-5-2-1-3-6-10/h1-3,5-6,9H,4,8H2. The fourth-order valence-corrected chi connectivity index (χ4v) is 1.97. The molecule has 0 N–H and O–H groups in total. The maximum atomic E-state index is 8.65. The Bertz CT molecular complexity index is 460. The van der Waals surface area contributed by atoms with Crippen LogP contribution in [-0.2, 0) is 0 Å². The Morgan fingerprint density at radius 3 is 2.75 bits per heavy atom. The van der Waals surface area contributed by atoms with Crippen molar-refractivity contribution in [1.29, 1.82) is 5.26 Å². The number of nitrogens with zero attached hydrogens (tertiary/aromatic N) is 4. The summed E-state index contributed by atoms with van der Waals surface area (Å²) in [5, 5.41) is 9.47. The molecule has 0 fully saturated rings. The molecule has 2 aromatic rings. The Balaban J connectivity index is 2.26. The summed E-state index contributed by atoms with van der Waals surface area (Å²) in [4.78, 5) is 6.17. The maximum absolute atomic E-state index is 8.65. The molecule has 0 radical (unpaired) electrons. The van der Waals surface area contributed by atoms with Crippen molar-refractivity contribution in [3.63, 3.8) is 0 Å². The lowest BCUT2D eigenvalue weighted by Gasteiger charge is -2.19. The van der Waals surface area contributed by atoms with Crippen LogP contribution in [-0.4, -0.2) is 15.9 Å². The van der Waals surface area contributed by atoms with E-state index in [-0.39, 0.29) is 0 Å². The Labute approximate surface area is 98.0 Å². The quantitative estimate of drug-likeness (QED) is 0.810. The topological polar surface area (TPSA) is 52.8 Å². The van der Waals surface area contributed by atoms with Crippen molar-refractivity contribution in [3.05, 3.63) is 36.7 Å². The van der Waals surface area contributed by atoms with Crippen molar-refractivity contribution in [3.8, 4) is 6.07 Å². The van der Waals surface area contributed by atoms with Crippen LogP contribution in [0.5, 0.6) is 0 Å². The predicted molar refractivity (Wildman–Crippen MR) is 63.6 cm³/mol. The first kappa shape index (κ1) is 10.6. The number of anilines is 2. The molecule has 5 heteroatoms. The summed E-state index contributed by atoms with van der Waals surface area (Å²) < 4.78 is 3.98. The van der Waals surface area contributed by atoms with Crippen molar-refractivity contribution in [2.24, 2.45) is 0 Å². The fourth-order valence-electron chi connectivity index (χ4n) is 1.39. The molecule has 0 atom stereocenters. The molecule has 0 aliphatic rings. The highest BCUT2D eigenvalue weighted by atomic mass is 32.1. The van der Waals surface area contributed by atoms with Crippen LogP contribution in [0.15, 0.2) is 36.7 Å². The number of aromatic nitrogens is 2. The van der Waals surface area contributed by atoms with Crippen LogP contribution in [0.2, 0.25) is 0 Å². The van der Waals surface area contributed by atoms with Crippen molar-refractivity contribution >= 4 is 22.4 Å². The highest BCUT2D eigenvalue weighted by molar-refractivity contribution is 7.09. The molecule has 0 amide bonds. The molecule has 0 spiro atoms. The number of hydrogen-bond acceptors (Lipinski definition) is 5. The van der Waals surface area contributed by atoms with E-state index in [9.17, 15) is 0 Å². The average molecular weight is 230 g/mol. The highest BCUT2D eigenvalue weighted by Gasteiger charge is 2.11. The zero-order valence-corrected chi connectivity index (χ0v) is 9.39. The molecule has 0 unspecified atom stereocenters. The van der Waals surface area contributed by atoms with Gasteiger partial charge >= 0.3 is 0 Å². The van der Waals surface area contributed by atoms with Gasteiger partial charge in [0.05, 0.1) is 12.5 Å². The first-order valence-electron chi connectivity index (χ1n) is 4.88. The third kappa shape index (κ3) is 2.35. The Hall–Kier alpha value is -1.93. The van der Waals surface area contributed by atoms with Gasteiger partial charge in [-0.25, -0.2) is 4.98 Å². The summed E-state index contributed by atoms with van der Waals surface area (Å²) >= 11 is 1.33. The highest BCUT2D eigenvalue weighted by Crippen LogP contribution is 2.25. The smallest absolute Gasteiger partial charge is 0.209 e. The van der Waals surface area contributed by atoms with Crippen LogP contribution in [0.4, 0.5) is 10.8 Å². The van der Waals surface area contributed by atoms with Gasteiger partial charge in [-0.05, 0) is 12.1 Å². The first-order chi connectivity index (χ1) is 7.92. The third-order valence-corrected chi connectivity index (χ3v) is 2.78. The minimum atomic E-state index is 0.467. The lowest BCUT2D eigenvalue weighted by Crippen LogP contribution is -2.17. The molecule has 4 nitrogen and oxygen atoms in total. The predicted octanol–water partition coefficient (Wildman–Crippen LogP) is 2.59. The molecule has 0 saturated carbocycles. The summed E-state index contributed by atoms with van der Waals surface area (Å²) in [6, 6.07) is 12.0. The summed E-state index contributed by atoms with van der Waals surface area (Å²) in [6.07, 6.45) is 2.00. The molecule has 0 aliphatic carbocycles. The van der Waals surface area contributed by atoms with Gasteiger partial charge in [-0.2, -0.15) is 9.64 Å². The van der Waals surface area contributed by atoms with Gasteiger partial charge in [-0.1, -0.05) is 18.2 Å². The van der Waals surface area contributed by atoms with Gasteiger partial charge in [-0.3, -0.25) is 0 Å². The van der Waals surface area contributed by atoms with Crippen LogP contribution in [0, 0.1) is 11.3 Å². The molecule has 1 aromatic heterocycles. The van der Waals surface area contributed by atoms with Gasteiger partial charge in [0.1, 0.15) is 6.33 Å². The second-order valence-corrected chi connectivity index (χ2v) is 3.88. The third-order valence-electron chi connectivity index (χ3n) is 2.10. The second kappa shape index (κ2) is 5.24. The summed E-state index contributed by atoms with van der Waals surface area (Å²) in [5.74, 6) is 0. The minimum absolute atomic E-state index is 0.467. The number of benzene rings is 1. The zero-order valence-electron chi connectivity index (χ0n) is 8.58. The molecule has 0 saturated heterocycles. The van der Waals surface area contributed by atoms with E-state index < -0.39 is 0 Å². The molecular formula is C11H10N4S. The van der Waals surface area contributed by atoms with Crippen LogP contribution in [0.25, 0.3) is 0 Å². The molecule has 16 heavy (non-hydrogen) atoms. The van der Waals surface area contributed by atoms with Gasteiger partial charge in [0.2, 0.25) is 5.13 Å². The minimum Gasteiger partial charge on any atom is -0.316 e. The van der Waals surface area contributed by atoms with E-state index in [1.54, 1.807) is 0 Å². The molecule has 2 rings (SSSR count). The van der Waals surface area contributed by atoms with E-state index >= 15 is 0 Å². The molecular weight excluding hydrogens is 220 g/mol. The zero-order chi connectivity index (χ0) is 11.2. The second-order valence-electron chi connectivity index (χ2n) is 3.12. The van der Waals surface area contributed by atoms with E-state index in [0.29, 0.717) is 13.0 Å². The normalized spacial score (nSPS) is 9.69. The van der Waals surface area contributed by atoms with Gasteiger partial charge in [-0.15, -0.1) is 0 Å². The van der Waals surface area contributed by atoms with E-state index in [4.69, 9.17) is 5.26 Å². The number of nitriles is 1. The summed E-state index contributed by atoms with van der Waals surface area (Å²) in [7, 11) is 0. The van der Waals surface area contributed by atoms with Crippen molar-refractivity contribution < 1.29 is 0 Å². The molecule has 1 aromatic carbocycles. The molecule has 1 heterocycles. The van der Waals surface area contributed by atoms with Crippen LogP contribution < -0.4 is 4.90 Å². The first-order valence-corrected chi connectivity index (χ1v) is 5.65. The number of hydrogen-bond donors (Lipinski definition) is 0. The molecule has 80 valence electrons. The van der Waals surface area contributed by atoms with Crippen LogP contribution in [0.1, 0.15) is 6.42 Å². The van der Waals surface area contributed by atoms with Crippen molar-refractivity contribution in [2.45, 2.75) is 6.42 Å². The van der Waals surface area contributed by atoms with Gasteiger partial charge in [0, 0.05) is 23.8 Å². The number of rotatable bonds is 4. The largest absolute Gasteiger partial charge is 0.316 e. The van der Waals surface area contributed by atoms with E-state index in [2.05, 4.69) is 15.4 Å². The average Bonchev–Trinajstić information content (AvgIpc) is 2.85.